The fraction of sp³-hybridized carbons (Fsp3) is 0.636. The van der Waals surface area contributed by atoms with Crippen molar-refractivity contribution in [1.82, 2.24) is 9.97 Å². The zero-order valence-electron chi connectivity index (χ0n) is 9.95. The Hall–Kier alpha value is -0.910. The molecule has 1 aromatic heterocycles. The maximum atomic E-state index is 8.53. The fourth-order valence-corrected chi connectivity index (χ4v) is 1.67. The van der Waals surface area contributed by atoms with Gasteiger partial charge in [-0.3, -0.25) is 0 Å². The first-order valence-corrected chi connectivity index (χ1v) is 6.09. The summed E-state index contributed by atoms with van der Waals surface area (Å²) in [6.45, 7) is 3.84. The molecule has 0 atom stereocenters. The van der Waals surface area contributed by atoms with Crippen LogP contribution in [0.25, 0.3) is 0 Å². The molecule has 96 valence electrons. The van der Waals surface area contributed by atoms with Crippen molar-refractivity contribution in [3.63, 3.8) is 0 Å². The lowest BCUT2D eigenvalue weighted by atomic mass is 10.2. The van der Waals surface area contributed by atoms with E-state index in [0.29, 0.717) is 18.4 Å². The van der Waals surface area contributed by atoms with Crippen LogP contribution >= 0.6 is 11.6 Å². The second kappa shape index (κ2) is 8.22. The van der Waals surface area contributed by atoms with Crippen LogP contribution in [0.15, 0.2) is 6.33 Å². The highest BCUT2D eigenvalue weighted by Crippen LogP contribution is 2.19. The molecule has 6 heteroatoms. The maximum absolute atomic E-state index is 8.53. The summed E-state index contributed by atoms with van der Waals surface area (Å²) in [6, 6.07) is 0. The van der Waals surface area contributed by atoms with Gasteiger partial charge in [0.1, 0.15) is 17.3 Å². The Morgan fingerprint density at radius 2 is 2.24 bits per heavy atom. The van der Waals surface area contributed by atoms with E-state index in [1.54, 1.807) is 0 Å². The molecule has 2 N–H and O–H groups in total. The molecule has 5 nitrogen and oxygen atoms in total. The van der Waals surface area contributed by atoms with Gasteiger partial charge in [0.05, 0.1) is 13.2 Å². The van der Waals surface area contributed by atoms with Crippen molar-refractivity contribution in [2.45, 2.75) is 19.8 Å². The standard InChI is InChI=1S/C11H18ClN3O2/c1-2-9-10(12)14-8-15-11(9)13-4-3-6-17-7-5-16/h8,16H,2-7H2,1H3,(H,13,14,15). The van der Waals surface area contributed by atoms with Crippen molar-refractivity contribution in [3.8, 4) is 0 Å². The Morgan fingerprint density at radius 1 is 1.41 bits per heavy atom. The summed E-state index contributed by atoms with van der Waals surface area (Å²) in [5, 5.41) is 12.2. The number of aliphatic hydroxyl groups is 1. The summed E-state index contributed by atoms with van der Waals surface area (Å²) < 4.78 is 5.15. The Morgan fingerprint density at radius 3 is 2.94 bits per heavy atom. The molecule has 0 spiro atoms. The van der Waals surface area contributed by atoms with Crippen LogP contribution in [0.1, 0.15) is 18.9 Å². The molecule has 0 bridgehead atoms. The highest BCUT2D eigenvalue weighted by Gasteiger charge is 2.06. The third-order valence-corrected chi connectivity index (χ3v) is 2.57. The number of aliphatic hydroxyl groups excluding tert-OH is 1. The summed E-state index contributed by atoms with van der Waals surface area (Å²) in [5.74, 6) is 0.787. The predicted octanol–water partition coefficient (Wildman–Crippen LogP) is 1.50. The summed E-state index contributed by atoms with van der Waals surface area (Å²) in [5.41, 5.74) is 0.936. The van der Waals surface area contributed by atoms with Gasteiger partial charge in [-0.2, -0.15) is 0 Å². The number of nitrogens with zero attached hydrogens (tertiary/aromatic N) is 2. The molecule has 1 rings (SSSR count). The largest absolute Gasteiger partial charge is 0.394 e. The van der Waals surface area contributed by atoms with Crippen molar-refractivity contribution in [2.24, 2.45) is 0 Å². The number of nitrogens with one attached hydrogen (secondary N) is 1. The zero-order valence-corrected chi connectivity index (χ0v) is 10.7. The van der Waals surface area contributed by atoms with Gasteiger partial charge >= 0.3 is 0 Å². The molecule has 0 saturated carbocycles. The van der Waals surface area contributed by atoms with E-state index in [9.17, 15) is 0 Å². The Labute approximate surface area is 106 Å². The minimum absolute atomic E-state index is 0.0644. The summed E-state index contributed by atoms with van der Waals surface area (Å²) in [4.78, 5) is 8.10. The van der Waals surface area contributed by atoms with Crippen LogP contribution in [0.2, 0.25) is 5.15 Å². The molecule has 0 amide bonds. The molecule has 0 aliphatic carbocycles. The van der Waals surface area contributed by atoms with E-state index in [1.807, 2.05) is 6.92 Å². The summed E-state index contributed by atoms with van der Waals surface area (Å²) in [6.07, 6.45) is 3.10. The van der Waals surface area contributed by atoms with Gasteiger partial charge in [-0.15, -0.1) is 0 Å². The van der Waals surface area contributed by atoms with Crippen molar-refractivity contribution in [1.29, 1.82) is 0 Å². The third-order valence-electron chi connectivity index (χ3n) is 2.24. The zero-order chi connectivity index (χ0) is 12.5. The molecule has 0 fully saturated rings. The number of hydrogen-bond acceptors (Lipinski definition) is 5. The normalized spacial score (nSPS) is 10.5. The smallest absolute Gasteiger partial charge is 0.137 e. The van der Waals surface area contributed by atoms with Gasteiger partial charge in [0.25, 0.3) is 0 Å². The van der Waals surface area contributed by atoms with Crippen molar-refractivity contribution < 1.29 is 9.84 Å². The molecular formula is C11H18ClN3O2. The first-order valence-electron chi connectivity index (χ1n) is 5.71. The first kappa shape index (κ1) is 14.2. The van der Waals surface area contributed by atoms with Gasteiger partial charge < -0.3 is 15.2 Å². The number of anilines is 1. The average molecular weight is 260 g/mol. The second-order valence-corrected chi connectivity index (χ2v) is 3.82. The van der Waals surface area contributed by atoms with Gasteiger partial charge in [-0.25, -0.2) is 9.97 Å². The topological polar surface area (TPSA) is 67.3 Å². The molecule has 1 heterocycles. The van der Waals surface area contributed by atoms with E-state index < -0.39 is 0 Å². The average Bonchev–Trinajstić information content (AvgIpc) is 2.34. The molecular weight excluding hydrogens is 242 g/mol. The van der Waals surface area contributed by atoms with E-state index >= 15 is 0 Å². The SMILES string of the molecule is CCc1c(Cl)ncnc1NCCCOCCO. The van der Waals surface area contributed by atoms with E-state index in [4.69, 9.17) is 21.4 Å². The van der Waals surface area contributed by atoms with E-state index in [1.165, 1.54) is 6.33 Å². The van der Waals surface area contributed by atoms with Crippen molar-refractivity contribution >= 4 is 17.4 Å². The first-order chi connectivity index (χ1) is 8.29. The monoisotopic (exact) mass is 259 g/mol. The number of ether oxygens (including phenoxy) is 1. The van der Waals surface area contributed by atoms with E-state index in [-0.39, 0.29) is 6.61 Å². The molecule has 0 unspecified atom stereocenters. The molecule has 0 aliphatic rings. The Balaban J connectivity index is 2.33. The van der Waals surface area contributed by atoms with Crippen LogP contribution in [0, 0.1) is 0 Å². The lowest BCUT2D eigenvalue weighted by molar-refractivity contribution is 0.0922. The van der Waals surface area contributed by atoms with E-state index in [0.717, 1.165) is 30.8 Å². The lowest BCUT2D eigenvalue weighted by Crippen LogP contribution is -2.10. The number of aromatic nitrogens is 2. The highest BCUT2D eigenvalue weighted by molar-refractivity contribution is 6.30. The molecule has 1 aromatic rings. The number of hydrogen-bond donors (Lipinski definition) is 2. The minimum atomic E-state index is 0.0644. The molecule has 0 aliphatic heterocycles. The molecule has 17 heavy (non-hydrogen) atoms. The maximum Gasteiger partial charge on any atom is 0.137 e. The van der Waals surface area contributed by atoms with Crippen LogP contribution in [-0.4, -0.2) is 41.4 Å². The predicted molar refractivity (Wildman–Crippen MR) is 67.4 cm³/mol. The Bertz CT molecular complexity index is 336. The fourth-order valence-electron chi connectivity index (χ4n) is 1.40. The third kappa shape index (κ3) is 4.85. The van der Waals surface area contributed by atoms with Crippen molar-refractivity contribution in [3.05, 3.63) is 17.0 Å². The van der Waals surface area contributed by atoms with Crippen LogP contribution in [0.5, 0.6) is 0 Å². The minimum Gasteiger partial charge on any atom is -0.394 e. The second-order valence-electron chi connectivity index (χ2n) is 3.46. The van der Waals surface area contributed by atoms with Gasteiger partial charge in [0, 0.05) is 18.7 Å². The Kier molecular flexibility index (Phi) is 6.84. The van der Waals surface area contributed by atoms with Crippen LogP contribution in [0.4, 0.5) is 5.82 Å². The van der Waals surface area contributed by atoms with Crippen molar-refractivity contribution in [2.75, 3.05) is 31.7 Å². The van der Waals surface area contributed by atoms with Crippen LogP contribution < -0.4 is 5.32 Å². The summed E-state index contributed by atoms with van der Waals surface area (Å²) >= 11 is 5.97. The quantitative estimate of drug-likeness (QED) is 0.547. The number of rotatable bonds is 8. The number of halogens is 1. The van der Waals surface area contributed by atoms with Crippen LogP contribution in [0.3, 0.4) is 0 Å². The van der Waals surface area contributed by atoms with Gasteiger partial charge in [0.15, 0.2) is 0 Å². The van der Waals surface area contributed by atoms with E-state index in [2.05, 4.69) is 15.3 Å². The van der Waals surface area contributed by atoms with Gasteiger partial charge in [-0.1, -0.05) is 18.5 Å². The molecule has 0 saturated heterocycles. The van der Waals surface area contributed by atoms with Crippen LogP contribution in [-0.2, 0) is 11.2 Å². The highest BCUT2D eigenvalue weighted by atomic mass is 35.5. The lowest BCUT2D eigenvalue weighted by Gasteiger charge is -2.10. The molecule has 0 radical (unpaired) electrons. The van der Waals surface area contributed by atoms with Gasteiger partial charge in [-0.05, 0) is 12.8 Å². The summed E-state index contributed by atoms with van der Waals surface area (Å²) in [7, 11) is 0. The molecule has 0 aromatic carbocycles. The van der Waals surface area contributed by atoms with Gasteiger partial charge in [0.2, 0.25) is 0 Å².